The SMILES string of the molecule is CC1(c2ccc(C(=O)N[C@@H](CCCCNC(=O)CCCC[C@@H]3SC[C@@H]4NC(=O)N[C@@H]43)C(=O)O)cc2)N=N1. The highest BCUT2D eigenvalue weighted by molar-refractivity contribution is 8.00. The van der Waals surface area contributed by atoms with Crippen LogP contribution >= 0.6 is 11.8 Å². The van der Waals surface area contributed by atoms with Crippen molar-refractivity contribution in [1.82, 2.24) is 21.3 Å². The standard InChI is InChI=1S/C25H34N6O5S/c1-25(30-31-25)16-11-9-15(10-12-16)22(33)27-17(23(34)35)6-4-5-13-26-20(32)8-3-2-7-19-21-18(14-37-19)28-24(36)29-21/h9-12,17-19,21H,2-8,13-14H2,1H3,(H,26,32)(H,27,33)(H,34,35)(H2,28,29,36)/t17-,18-,19-,21-/m0/s1. The molecular weight excluding hydrogens is 496 g/mol. The Morgan fingerprint density at radius 2 is 1.89 bits per heavy atom. The smallest absolute Gasteiger partial charge is 0.326 e. The second-order valence-electron chi connectivity index (χ2n) is 9.88. The zero-order valence-corrected chi connectivity index (χ0v) is 21.7. The number of fused-ring (bicyclic) bond motifs is 1. The van der Waals surface area contributed by atoms with Crippen molar-refractivity contribution in [2.75, 3.05) is 12.3 Å². The average Bonchev–Trinajstić information content (AvgIpc) is 3.36. The molecule has 5 N–H and O–H groups in total. The van der Waals surface area contributed by atoms with E-state index in [2.05, 4.69) is 31.5 Å². The maximum absolute atomic E-state index is 12.5. The Morgan fingerprint density at radius 1 is 1.14 bits per heavy atom. The highest BCUT2D eigenvalue weighted by Crippen LogP contribution is 2.38. The first-order valence-electron chi connectivity index (χ1n) is 12.8. The van der Waals surface area contributed by atoms with Crippen LogP contribution in [-0.2, 0) is 15.3 Å². The Kier molecular flexibility index (Phi) is 8.67. The Labute approximate surface area is 220 Å². The summed E-state index contributed by atoms with van der Waals surface area (Å²) in [6.07, 6.45) is 4.59. The van der Waals surface area contributed by atoms with Gasteiger partial charge in [-0.15, -0.1) is 0 Å². The lowest BCUT2D eigenvalue weighted by atomic mass is 10.0. The van der Waals surface area contributed by atoms with Gasteiger partial charge in [-0.1, -0.05) is 18.6 Å². The molecule has 37 heavy (non-hydrogen) atoms. The molecule has 4 atom stereocenters. The minimum Gasteiger partial charge on any atom is -0.480 e. The molecule has 11 nitrogen and oxygen atoms in total. The molecule has 0 bridgehead atoms. The molecule has 0 radical (unpaired) electrons. The van der Waals surface area contributed by atoms with Gasteiger partial charge in [-0.05, 0) is 51.2 Å². The highest BCUT2D eigenvalue weighted by Gasteiger charge is 2.42. The summed E-state index contributed by atoms with van der Waals surface area (Å²) in [4.78, 5) is 47.7. The van der Waals surface area contributed by atoms with Crippen molar-refractivity contribution >= 4 is 35.6 Å². The molecule has 200 valence electrons. The zero-order valence-electron chi connectivity index (χ0n) is 20.9. The quantitative estimate of drug-likeness (QED) is 0.183. The number of aliphatic carboxylic acids is 1. The minimum atomic E-state index is -1.09. The summed E-state index contributed by atoms with van der Waals surface area (Å²) in [5.41, 5.74) is 0.728. The number of nitrogens with zero attached hydrogens (tertiary/aromatic N) is 2. The number of hydrogen-bond acceptors (Lipinski definition) is 7. The Bertz CT molecular complexity index is 1040. The fraction of sp³-hybridized carbons (Fsp3) is 0.600. The maximum Gasteiger partial charge on any atom is 0.326 e. The first-order valence-corrected chi connectivity index (χ1v) is 13.8. The van der Waals surface area contributed by atoms with Gasteiger partial charge in [0.25, 0.3) is 5.91 Å². The molecule has 4 rings (SSSR count). The third-order valence-corrected chi connectivity index (χ3v) is 8.53. The van der Waals surface area contributed by atoms with Gasteiger partial charge in [0.15, 0.2) is 0 Å². The Balaban J connectivity index is 1.06. The number of urea groups is 1. The van der Waals surface area contributed by atoms with Crippen LogP contribution in [0.4, 0.5) is 4.79 Å². The predicted octanol–water partition coefficient (Wildman–Crippen LogP) is 2.52. The van der Waals surface area contributed by atoms with E-state index in [4.69, 9.17) is 0 Å². The van der Waals surface area contributed by atoms with Gasteiger partial charge in [-0.3, -0.25) is 9.59 Å². The number of carboxylic acids is 1. The van der Waals surface area contributed by atoms with Gasteiger partial charge in [-0.25, -0.2) is 9.59 Å². The largest absolute Gasteiger partial charge is 0.480 e. The lowest BCUT2D eigenvalue weighted by Gasteiger charge is -2.16. The maximum atomic E-state index is 12.5. The van der Waals surface area contributed by atoms with Gasteiger partial charge in [0.2, 0.25) is 11.6 Å². The fourth-order valence-electron chi connectivity index (χ4n) is 4.69. The summed E-state index contributed by atoms with van der Waals surface area (Å²) < 4.78 is 0. The molecule has 3 aliphatic heterocycles. The van der Waals surface area contributed by atoms with E-state index >= 15 is 0 Å². The number of carbonyl (C=O) groups excluding carboxylic acids is 3. The molecule has 0 unspecified atom stereocenters. The van der Waals surface area contributed by atoms with E-state index in [-0.39, 0.29) is 30.4 Å². The normalized spacial score (nSPS) is 23.5. The molecule has 0 spiro atoms. The van der Waals surface area contributed by atoms with Crippen LogP contribution in [0.25, 0.3) is 0 Å². The monoisotopic (exact) mass is 530 g/mol. The molecule has 2 saturated heterocycles. The lowest BCUT2D eigenvalue weighted by Crippen LogP contribution is -2.40. The summed E-state index contributed by atoms with van der Waals surface area (Å²) in [6, 6.07) is 6.14. The number of carboxylic acid groups (broad SMARTS) is 1. The van der Waals surface area contributed by atoms with Crippen molar-refractivity contribution in [3.63, 3.8) is 0 Å². The van der Waals surface area contributed by atoms with Gasteiger partial charge in [0.05, 0.1) is 12.1 Å². The molecule has 3 aliphatic rings. The summed E-state index contributed by atoms with van der Waals surface area (Å²) in [6.45, 7) is 2.33. The highest BCUT2D eigenvalue weighted by atomic mass is 32.2. The number of hydrogen-bond donors (Lipinski definition) is 5. The van der Waals surface area contributed by atoms with Crippen molar-refractivity contribution in [3.05, 3.63) is 35.4 Å². The van der Waals surface area contributed by atoms with E-state index in [0.717, 1.165) is 30.6 Å². The van der Waals surface area contributed by atoms with Crippen LogP contribution in [0.3, 0.4) is 0 Å². The predicted molar refractivity (Wildman–Crippen MR) is 138 cm³/mol. The Hall–Kier alpha value is -3.15. The number of nitrogens with one attached hydrogen (secondary N) is 4. The molecule has 1 aromatic carbocycles. The van der Waals surface area contributed by atoms with Gasteiger partial charge in [0, 0.05) is 35.1 Å². The summed E-state index contributed by atoms with van der Waals surface area (Å²) in [5, 5.41) is 29.2. The molecule has 4 amide bonds. The number of amides is 4. The van der Waals surface area contributed by atoms with Crippen LogP contribution in [0, 0.1) is 0 Å². The van der Waals surface area contributed by atoms with Crippen LogP contribution in [-0.4, -0.2) is 64.6 Å². The van der Waals surface area contributed by atoms with Gasteiger partial charge in [0.1, 0.15) is 6.04 Å². The second-order valence-corrected chi connectivity index (χ2v) is 11.1. The molecule has 1 aromatic rings. The van der Waals surface area contributed by atoms with E-state index in [1.165, 1.54) is 0 Å². The van der Waals surface area contributed by atoms with Crippen LogP contribution in [0.5, 0.6) is 0 Å². The van der Waals surface area contributed by atoms with Crippen molar-refractivity contribution in [2.24, 2.45) is 10.2 Å². The average molecular weight is 531 g/mol. The minimum absolute atomic E-state index is 0.0139. The molecule has 12 heteroatoms. The molecular formula is C25H34N6O5S. The fourth-order valence-corrected chi connectivity index (χ4v) is 6.23. The van der Waals surface area contributed by atoms with Crippen LogP contribution in [0.2, 0.25) is 0 Å². The number of unbranched alkanes of at least 4 members (excludes halogenated alkanes) is 2. The van der Waals surface area contributed by atoms with Crippen LogP contribution in [0.15, 0.2) is 34.5 Å². The van der Waals surface area contributed by atoms with Gasteiger partial charge in [-0.2, -0.15) is 22.0 Å². The van der Waals surface area contributed by atoms with Gasteiger partial charge >= 0.3 is 12.0 Å². The first kappa shape index (κ1) is 26.9. The van der Waals surface area contributed by atoms with E-state index in [9.17, 15) is 24.3 Å². The molecule has 0 saturated carbocycles. The van der Waals surface area contributed by atoms with Crippen LogP contribution < -0.4 is 21.3 Å². The topological polar surface area (TPSA) is 161 Å². The Morgan fingerprint density at radius 3 is 2.59 bits per heavy atom. The number of benzene rings is 1. The van der Waals surface area contributed by atoms with Crippen LogP contribution in [0.1, 0.15) is 67.8 Å². The molecule has 0 aromatic heterocycles. The number of rotatable bonds is 14. The van der Waals surface area contributed by atoms with E-state index in [0.29, 0.717) is 36.6 Å². The van der Waals surface area contributed by atoms with Crippen molar-refractivity contribution in [2.45, 2.75) is 80.9 Å². The first-order chi connectivity index (χ1) is 17.7. The summed E-state index contributed by atoms with van der Waals surface area (Å²) in [7, 11) is 0. The molecule has 2 fully saturated rings. The molecule has 3 heterocycles. The third-order valence-electron chi connectivity index (χ3n) is 7.02. The van der Waals surface area contributed by atoms with Crippen molar-refractivity contribution < 1.29 is 24.3 Å². The molecule has 0 aliphatic carbocycles. The second kappa shape index (κ2) is 11.9. The third kappa shape index (κ3) is 7.21. The van der Waals surface area contributed by atoms with Crippen molar-refractivity contribution in [1.29, 1.82) is 0 Å². The summed E-state index contributed by atoms with van der Waals surface area (Å²) >= 11 is 1.87. The van der Waals surface area contributed by atoms with Gasteiger partial charge < -0.3 is 26.4 Å². The lowest BCUT2D eigenvalue weighted by molar-refractivity contribution is -0.139. The van der Waals surface area contributed by atoms with E-state index in [1.54, 1.807) is 24.3 Å². The number of thioether (sulfide) groups is 1. The van der Waals surface area contributed by atoms with Crippen molar-refractivity contribution in [3.8, 4) is 0 Å². The van der Waals surface area contributed by atoms with E-state index < -0.39 is 23.6 Å². The van der Waals surface area contributed by atoms with E-state index in [1.807, 2.05) is 18.7 Å². The number of carbonyl (C=O) groups is 4. The zero-order chi connectivity index (χ0) is 26.4. The summed E-state index contributed by atoms with van der Waals surface area (Å²) in [5.74, 6) is -0.613.